The summed E-state index contributed by atoms with van der Waals surface area (Å²) in [5.74, 6) is -1.10. The molecule has 0 fully saturated rings. The molecule has 2 rings (SSSR count). The molecule has 0 aliphatic heterocycles. The Kier molecular flexibility index (Phi) is 3.57. The summed E-state index contributed by atoms with van der Waals surface area (Å²) in [6.07, 6.45) is 0. The van der Waals surface area contributed by atoms with Gasteiger partial charge in [-0.3, -0.25) is 4.79 Å². The van der Waals surface area contributed by atoms with Crippen molar-refractivity contribution in [2.75, 3.05) is 0 Å². The van der Waals surface area contributed by atoms with E-state index in [2.05, 4.69) is 0 Å². The maximum absolute atomic E-state index is 13.4. The fourth-order valence-electron chi connectivity index (χ4n) is 1.53. The largest absolute Gasteiger partial charge is 0.489 e. The smallest absolute Gasteiger partial charge is 0.251 e. The van der Waals surface area contributed by atoms with E-state index < -0.39 is 11.7 Å². The number of carbonyl (C=O) groups is 1. The van der Waals surface area contributed by atoms with Crippen molar-refractivity contribution in [3.8, 4) is 5.75 Å². The monoisotopic (exact) mass is 245 g/mol. The summed E-state index contributed by atoms with van der Waals surface area (Å²) in [6.45, 7) is 0.343. The van der Waals surface area contributed by atoms with Crippen molar-refractivity contribution in [1.82, 2.24) is 0 Å². The molecule has 0 bridgehead atoms. The number of amides is 1. The van der Waals surface area contributed by atoms with Gasteiger partial charge in [0.05, 0.1) is 5.56 Å². The third kappa shape index (κ3) is 2.85. The fourth-order valence-corrected chi connectivity index (χ4v) is 1.53. The van der Waals surface area contributed by atoms with Crippen LogP contribution in [-0.4, -0.2) is 5.91 Å². The molecule has 0 aliphatic carbocycles. The number of rotatable bonds is 4. The molecule has 0 unspecified atom stereocenters. The molecule has 1 amide bonds. The predicted molar refractivity (Wildman–Crippen MR) is 65.7 cm³/mol. The highest BCUT2D eigenvalue weighted by Crippen LogP contribution is 2.17. The third-order valence-electron chi connectivity index (χ3n) is 2.45. The quantitative estimate of drug-likeness (QED) is 0.899. The van der Waals surface area contributed by atoms with Crippen LogP contribution in [0.3, 0.4) is 0 Å². The number of ether oxygens (including phenoxy) is 1. The van der Waals surface area contributed by atoms with Crippen LogP contribution < -0.4 is 10.5 Å². The number of hydrogen-bond donors (Lipinski definition) is 1. The molecule has 0 aliphatic rings. The van der Waals surface area contributed by atoms with Crippen molar-refractivity contribution in [3.05, 3.63) is 65.5 Å². The lowest BCUT2D eigenvalue weighted by Crippen LogP contribution is -2.13. The minimum Gasteiger partial charge on any atom is -0.489 e. The first-order valence-corrected chi connectivity index (χ1v) is 5.43. The molecule has 4 heteroatoms. The molecule has 92 valence electrons. The Hall–Kier alpha value is -2.36. The number of halogens is 1. The SMILES string of the molecule is NC(=O)c1ccc(OCc2ccccc2)cc1F. The summed E-state index contributed by atoms with van der Waals surface area (Å²) < 4.78 is 18.9. The van der Waals surface area contributed by atoms with Gasteiger partial charge in [-0.1, -0.05) is 30.3 Å². The van der Waals surface area contributed by atoms with E-state index in [1.54, 1.807) is 0 Å². The molecule has 0 saturated carbocycles. The first kappa shape index (κ1) is 12.1. The first-order chi connectivity index (χ1) is 8.66. The molecule has 2 aromatic carbocycles. The van der Waals surface area contributed by atoms with Crippen LogP contribution in [0.25, 0.3) is 0 Å². The molecule has 0 atom stereocenters. The van der Waals surface area contributed by atoms with Crippen molar-refractivity contribution in [2.45, 2.75) is 6.61 Å². The normalized spacial score (nSPS) is 10.1. The minimum atomic E-state index is -0.790. The van der Waals surface area contributed by atoms with Gasteiger partial charge in [0.2, 0.25) is 0 Å². The zero-order valence-electron chi connectivity index (χ0n) is 9.60. The molecule has 0 heterocycles. The second-order valence-electron chi connectivity index (χ2n) is 3.78. The van der Waals surface area contributed by atoms with Crippen LogP contribution in [0.1, 0.15) is 15.9 Å². The van der Waals surface area contributed by atoms with Gasteiger partial charge in [0, 0.05) is 6.07 Å². The number of benzene rings is 2. The van der Waals surface area contributed by atoms with Gasteiger partial charge in [0.1, 0.15) is 18.2 Å². The summed E-state index contributed by atoms with van der Waals surface area (Å²) >= 11 is 0. The van der Waals surface area contributed by atoms with E-state index in [4.69, 9.17) is 10.5 Å². The van der Waals surface area contributed by atoms with E-state index in [9.17, 15) is 9.18 Å². The Morgan fingerprint density at radius 3 is 2.50 bits per heavy atom. The third-order valence-corrected chi connectivity index (χ3v) is 2.45. The van der Waals surface area contributed by atoms with Crippen molar-refractivity contribution < 1.29 is 13.9 Å². The van der Waals surface area contributed by atoms with Crippen LogP contribution in [0.15, 0.2) is 48.5 Å². The van der Waals surface area contributed by atoms with Crippen LogP contribution in [0.4, 0.5) is 4.39 Å². The number of carbonyl (C=O) groups excluding carboxylic acids is 1. The highest BCUT2D eigenvalue weighted by atomic mass is 19.1. The number of primary amides is 1. The molecule has 3 nitrogen and oxygen atoms in total. The van der Waals surface area contributed by atoms with Crippen LogP contribution in [0, 0.1) is 5.82 Å². The van der Waals surface area contributed by atoms with Crippen LogP contribution in [0.2, 0.25) is 0 Å². The lowest BCUT2D eigenvalue weighted by atomic mass is 10.2. The summed E-state index contributed by atoms with van der Waals surface area (Å²) in [4.78, 5) is 10.9. The molecule has 0 spiro atoms. The molecule has 0 saturated heterocycles. The zero-order chi connectivity index (χ0) is 13.0. The van der Waals surface area contributed by atoms with Gasteiger partial charge < -0.3 is 10.5 Å². The Morgan fingerprint density at radius 1 is 1.17 bits per heavy atom. The lowest BCUT2D eigenvalue weighted by Gasteiger charge is -2.07. The Morgan fingerprint density at radius 2 is 1.89 bits per heavy atom. The van der Waals surface area contributed by atoms with Gasteiger partial charge in [-0.25, -0.2) is 4.39 Å². The Balaban J connectivity index is 2.07. The van der Waals surface area contributed by atoms with E-state index in [0.717, 1.165) is 11.6 Å². The Labute approximate surface area is 104 Å². The van der Waals surface area contributed by atoms with Crippen molar-refractivity contribution in [2.24, 2.45) is 5.73 Å². The molecular weight excluding hydrogens is 233 g/mol. The van der Waals surface area contributed by atoms with Gasteiger partial charge in [-0.15, -0.1) is 0 Å². The molecule has 18 heavy (non-hydrogen) atoms. The average molecular weight is 245 g/mol. The predicted octanol–water partition coefficient (Wildman–Crippen LogP) is 2.50. The summed E-state index contributed by atoms with van der Waals surface area (Å²) in [7, 11) is 0. The van der Waals surface area contributed by atoms with Gasteiger partial charge in [0.25, 0.3) is 5.91 Å². The summed E-state index contributed by atoms with van der Waals surface area (Å²) in [5, 5.41) is 0. The maximum atomic E-state index is 13.4. The highest BCUT2D eigenvalue weighted by Gasteiger charge is 2.09. The van der Waals surface area contributed by atoms with Crippen molar-refractivity contribution >= 4 is 5.91 Å². The topological polar surface area (TPSA) is 52.3 Å². The van der Waals surface area contributed by atoms with Crippen LogP contribution >= 0.6 is 0 Å². The highest BCUT2D eigenvalue weighted by molar-refractivity contribution is 5.93. The van der Waals surface area contributed by atoms with E-state index in [-0.39, 0.29) is 5.56 Å². The average Bonchev–Trinajstić information content (AvgIpc) is 2.37. The number of nitrogens with two attached hydrogens (primary N) is 1. The van der Waals surface area contributed by atoms with Crippen molar-refractivity contribution in [3.63, 3.8) is 0 Å². The maximum Gasteiger partial charge on any atom is 0.251 e. The summed E-state index contributed by atoms with van der Waals surface area (Å²) in [5.41, 5.74) is 5.86. The van der Waals surface area contributed by atoms with Gasteiger partial charge in [-0.05, 0) is 17.7 Å². The second kappa shape index (κ2) is 5.31. The number of hydrogen-bond acceptors (Lipinski definition) is 2. The summed E-state index contributed by atoms with van der Waals surface area (Å²) in [6, 6.07) is 13.5. The standard InChI is InChI=1S/C14H12FNO2/c15-13-8-11(6-7-12(13)14(16)17)18-9-10-4-2-1-3-5-10/h1-8H,9H2,(H2,16,17). The minimum absolute atomic E-state index is 0.137. The first-order valence-electron chi connectivity index (χ1n) is 5.43. The van der Waals surface area contributed by atoms with Gasteiger partial charge >= 0.3 is 0 Å². The van der Waals surface area contributed by atoms with Crippen LogP contribution in [0.5, 0.6) is 5.75 Å². The van der Waals surface area contributed by atoms with E-state index >= 15 is 0 Å². The molecule has 2 aromatic rings. The van der Waals surface area contributed by atoms with Gasteiger partial charge in [0.15, 0.2) is 0 Å². The van der Waals surface area contributed by atoms with E-state index in [0.29, 0.717) is 12.4 Å². The van der Waals surface area contributed by atoms with Gasteiger partial charge in [-0.2, -0.15) is 0 Å². The van der Waals surface area contributed by atoms with E-state index in [1.165, 1.54) is 12.1 Å². The lowest BCUT2D eigenvalue weighted by molar-refractivity contribution is 0.0996. The fraction of sp³-hybridized carbons (Fsp3) is 0.0714. The zero-order valence-corrected chi connectivity index (χ0v) is 9.60. The van der Waals surface area contributed by atoms with E-state index in [1.807, 2.05) is 30.3 Å². The van der Waals surface area contributed by atoms with Crippen LogP contribution in [-0.2, 0) is 6.61 Å². The van der Waals surface area contributed by atoms with Crippen molar-refractivity contribution in [1.29, 1.82) is 0 Å². The Bertz CT molecular complexity index is 555. The second-order valence-corrected chi connectivity index (χ2v) is 3.78. The molecule has 2 N–H and O–H groups in total. The molecule has 0 radical (unpaired) electrons. The molecular formula is C14H12FNO2. The molecule has 0 aromatic heterocycles.